The van der Waals surface area contributed by atoms with Gasteiger partial charge in [-0.3, -0.25) is 14.7 Å². The second-order valence-electron chi connectivity index (χ2n) is 16.2. The van der Waals surface area contributed by atoms with E-state index < -0.39 is 34.3 Å². The van der Waals surface area contributed by atoms with Gasteiger partial charge in [-0.05, 0) is 81.0 Å². The summed E-state index contributed by atoms with van der Waals surface area (Å²) in [5, 5.41) is 29.2. The van der Waals surface area contributed by atoms with Gasteiger partial charge in [-0.2, -0.15) is 0 Å². The molecule has 0 radical (unpaired) electrons. The lowest BCUT2D eigenvalue weighted by molar-refractivity contribution is -0.280. The minimum absolute atomic E-state index is 0.0593. The number of likely N-dealkylation sites (N-methyl/N-ethyl adjacent to an activating group) is 1. The minimum atomic E-state index is -1.52. The van der Waals surface area contributed by atoms with E-state index in [1.54, 1.807) is 57.9 Å². The van der Waals surface area contributed by atoms with Gasteiger partial charge in [0.15, 0.2) is 0 Å². The predicted octanol–water partition coefficient (Wildman–Crippen LogP) is 4.26. The van der Waals surface area contributed by atoms with Crippen molar-refractivity contribution in [2.24, 2.45) is 29.1 Å². The van der Waals surface area contributed by atoms with E-state index in [1.165, 1.54) is 6.08 Å². The van der Waals surface area contributed by atoms with Crippen molar-refractivity contribution in [3.63, 3.8) is 0 Å². The lowest BCUT2D eigenvalue weighted by Crippen LogP contribution is -2.72. The molecule has 10 rings (SSSR count). The van der Waals surface area contributed by atoms with Gasteiger partial charge in [0.2, 0.25) is 5.91 Å². The molecule has 6 saturated carbocycles. The van der Waals surface area contributed by atoms with E-state index in [-0.39, 0.29) is 53.4 Å². The molecule has 11 nitrogen and oxygen atoms in total. The molecule has 12 atom stereocenters. The minimum Gasteiger partial charge on any atom is -0.454 e. The number of aryl methyl sites for hydroxylation is 1. The molecule has 11 heteroatoms. The molecule has 280 valence electrons. The SMILES string of the molecule is CCc1cc(/C=C/C(=O)Nc2ccccc2C(=O)O[C@@]23CC[C@H](OC)[C@]45CC([C@@H](C[C@H]24)[C@@]2(O)C[C@H](OC)[C@H]4C[C@@H]5[C@]2(O)[C@H]4OC)N(CC)C3)ccn1. The van der Waals surface area contributed by atoms with Gasteiger partial charge in [-0.25, -0.2) is 4.79 Å². The van der Waals surface area contributed by atoms with Crippen molar-refractivity contribution in [2.75, 3.05) is 39.7 Å². The maximum Gasteiger partial charge on any atom is 0.340 e. The predicted molar refractivity (Wildman–Crippen MR) is 193 cm³/mol. The zero-order chi connectivity index (χ0) is 36.6. The molecule has 8 fully saturated rings. The number of anilines is 1. The first-order valence-electron chi connectivity index (χ1n) is 19.1. The summed E-state index contributed by atoms with van der Waals surface area (Å²) in [4.78, 5) is 34.4. The Bertz CT molecular complexity index is 1750. The van der Waals surface area contributed by atoms with E-state index >= 15 is 0 Å². The van der Waals surface area contributed by atoms with Crippen molar-refractivity contribution in [3.05, 3.63) is 65.5 Å². The summed E-state index contributed by atoms with van der Waals surface area (Å²) >= 11 is 0. The van der Waals surface area contributed by atoms with E-state index in [4.69, 9.17) is 18.9 Å². The van der Waals surface area contributed by atoms with Gasteiger partial charge in [-0.15, -0.1) is 0 Å². The third-order valence-electron chi connectivity index (χ3n) is 14.6. The van der Waals surface area contributed by atoms with E-state index in [0.29, 0.717) is 50.9 Å². The average Bonchev–Trinajstić information content (AvgIpc) is 3.21. The van der Waals surface area contributed by atoms with Gasteiger partial charge < -0.3 is 34.5 Å². The molecule has 8 aliphatic rings. The first kappa shape index (κ1) is 35.8. The summed E-state index contributed by atoms with van der Waals surface area (Å²) in [5.41, 5.74) is -2.03. The second-order valence-corrected chi connectivity index (χ2v) is 16.2. The Morgan fingerprint density at radius 3 is 2.58 bits per heavy atom. The average molecular weight is 716 g/mol. The van der Waals surface area contributed by atoms with Gasteiger partial charge in [0.05, 0.1) is 29.6 Å². The molecule has 7 bridgehead atoms. The monoisotopic (exact) mass is 715 g/mol. The summed E-state index contributed by atoms with van der Waals surface area (Å²) < 4.78 is 25.5. The Balaban J connectivity index is 1.16. The number of aromatic nitrogens is 1. The van der Waals surface area contributed by atoms with Crippen molar-refractivity contribution >= 4 is 23.6 Å². The summed E-state index contributed by atoms with van der Waals surface area (Å²) in [5.74, 6) is -1.78. The third kappa shape index (κ3) is 4.88. The van der Waals surface area contributed by atoms with E-state index in [9.17, 15) is 19.8 Å². The summed E-state index contributed by atoms with van der Waals surface area (Å²) in [6.07, 6.45) is 8.17. The molecular formula is C41H53N3O8. The Morgan fingerprint density at radius 1 is 1.04 bits per heavy atom. The van der Waals surface area contributed by atoms with E-state index in [1.807, 2.05) is 19.1 Å². The number of benzene rings is 1. The van der Waals surface area contributed by atoms with Crippen LogP contribution in [-0.2, 0) is 30.2 Å². The highest BCUT2D eigenvalue weighted by atomic mass is 16.6. The summed E-state index contributed by atoms with van der Waals surface area (Å²) in [6, 6.07) is 10.7. The topological polar surface area (TPSA) is 140 Å². The molecule has 1 unspecified atom stereocenters. The summed E-state index contributed by atoms with van der Waals surface area (Å²) in [7, 11) is 5.08. The zero-order valence-electron chi connectivity index (χ0n) is 30.9. The standard InChI is InChI=1S/C41H53N3O8/c1-6-25-18-24(15-17-42-25)12-13-35(45)43-29-11-9-8-10-26(29)37(46)52-38-16-14-34(50-4)39-21-30(44(7-2)23-38)28(20-32(38)39)40(47)22-31(49-3)27-19-33(39)41(40,48)36(27)51-5/h8-13,15,17-18,27-28,30-34,36,47-48H,6-7,14,16,19-23H2,1-5H3,(H,43,45)/b13-12+/t27-,28-,30?,31+,32-,33+,34+,36+,38-,39-,40+,41+/m1/s1. The molecule has 1 amide bonds. The Morgan fingerprint density at radius 2 is 1.85 bits per heavy atom. The number of para-hydroxylation sites is 1. The van der Waals surface area contributed by atoms with Crippen molar-refractivity contribution in [1.29, 1.82) is 0 Å². The molecule has 1 spiro atoms. The first-order chi connectivity index (χ1) is 25.0. The van der Waals surface area contributed by atoms with Crippen LogP contribution < -0.4 is 5.32 Å². The number of carbonyl (C=O) groups is 2. The number of amides is 1. The number of nitrogens with zero attached hydrogens (tertiary/aromatic N) is 2. The van der Waals surface area contributed by atoms with Crippen molar-refractivity contribution in [2.45, 2.75) is 100.0 Å². The number of carbonyl (C=O) groups excluding carboxylic acids is 2. The van der Waals surface area contributed by atoms with Crippen LogP contribution in [0.15, 0.2) is 48.7 Å². The van der Waals surface area contributed by atoms with Gasteiger partial charge in [0.25, 0.3) is 0 Å². The van der Waals surface area contributed by atoms with Crippen LogP contribution in [0.3, 0.4) is 0 Å². The highest BCUT2D eigenvalue weighted by Crippen LogP contribution is 2.76. The van der Waals surface area contributed by atoms with Crippen LogP contribution in [-0.4, -0.2) is 108 Å². The molecule has 6 aliphatic carbocycles. The fourth-order valence-corrected chi connectivity index (χ4v) is 12.6. The van der Waals surface area contributed by atoms with Crippen LogP contribution in [0.1, 0.15) is 74.0 Å². The number of esters is 1. The number of rotatable bonds is 10. The molecule has 1 aromatic heterocycles. The number of methoxy groups -OCH3 is 3. The van der Waals surface area contributed by atoms with Crippen molar-refractivity contribution in [1.82, 2.24) is 9.88 Å². The molecule has 2 aromatic rings. The highest BCUT2D eigenvalue weighted by Gasteiger charge is 2.84. The molecule has 52 heavy (non-hydrogen) atoms. The zero-order valence-corrected chi connectivity index (χ0v) is 30.9. The number of aliphatic hydroxyl groups is 2. The van der Waals surface area contributed by atoms with Crippen molar-refractivity contribution in [3.8, 4) is 0 Å². The number of hydrogen-bond donors (Lipinski definition) is 3. The third-order valence-corrected chi connectivity index (χ3v) is 14.6. The number of nitrogens with one attached hydrogen (secondary N) is 1. The quantitative estimate of drug-likeness (QED) is 0.242. The Labute approximate surface area is 306 Å². The Hall–Kier alpha value is -3.19. The first-order valence-corrected chi connectivity index (χ1v) is 19.1. The highest BCUT2D eigenvalue weighted by molar-refractivity contribution is 6.06. The number of ether oxygens (including phenoxy) is 4. The van der Waals surface area contributed by atoms with E-state index in [0.717, 1.165) is 24.1 Å². The number of fused-ring (bicyclic) bond motifs is 2. The number of hydrogen-bond acceptors (Lipinski definition) is 10. The number of pyridine rings is 1. The maximum atomic E-state index is 14.6. The fraction of sp³-hybridized carbons (Fsp3) is 0.634. The Kier molecular flexibility index (Phi) is 8.95. The largest absolute Gasteiger partial charge is 0.454 e. The van der Waals surface area contributed by atoms with E-state index in [2.05, 4.69) is 22.1 Å². The van der Waals surface area contributed by atoms with Crippen LogP contribution in [0, 0.1) is 29.1 Å². The van der Waals surface area contributed by atoms with Crippen LogP contribution in [0.25, 0.3) is 6.08 Å². The van der Waals surface area contributed by atoms with Gasteiger partial charge in [-0.1, -0.05) is 26.0 Å². The second kappa shape index (κ2) is 13.0. The molecular weight excluding hydrogens is 662 g/mol. The van der Waals surface area contributed by atoms with Crippen LogP contribution in [0.4, 0.5) is 5.69 Å². The smallest absolute Gasteiger partial charge is 0.340 e. The van der Waals surface area contributed by atoms with Crippen molar-refractivity contribution < 1.29 is 38.7 Å². The molecule has 3 N–H and O–H groups in total. The molecule has 1 aromatic carbocycles. The maximum absolute atomic E-state index is 14.6. The summed E-state index contributed by atoms with van der Waals surface area (Å²) in [6.45, 7) is 5.37. The molecule has 3 heterocycles. The normalized spacial score (nSPS) is 41.5. The molecule has 2 aliphatic heterocycles. The van der Waals surface area contributed by atoms with Crippen LogP contribution in [0.5, 0.6) is 0 Å². The van der Waals surface area contributed by atoms with Gasteiger partial charge in [0.1, 0.15) is 16.8 Å². The lowest BCUT2D eigenvalue weighted by atomic mass is 9.48. The van der Waals surface area contributed by atoms with Gasteiger partial charge in [0, 0.05) is 87.4 Å². The van der Waals surface area contributed by atoms with Gasteiger partial charge >= 0.3 is 5.97 Å². The van der Waals surface area contributed by atoms with Crippen LogP contribution >= 0.6 is 0 Å². The fourth-order valence-electron chi connectivity index (χ4n) is 12.6. The lowest BCUT2D eigenvalue weighted by Gasteiger charge is -2.60. The van der Waals surface area contributed by atoms with Crippen LogP contribution in [0.2, 0.25) is 0 Å². The molecule has 2 saturated heterocycles.